The van der Waals surface area contributed by atoms with E-state index in [1.54, 1.807) is 38.1 Å². The third kappa shape index (κ3) is 12.0. The normalized spacial score (nSPS) is 12.1. The molecule has 1 fully saturated rings. The van der Waals surface area contributed by atoms with Gasteiger partial charge in [-0.25, -0.2) is 4.79 Å². The monoisotopic (exact) mass is 554 g/mol. The van der Waals surface area contributed by atoms with Crippen LogP contribution >= 0.6 is 31.9 Å². The Labute approximate surface area is 213 Å². The molecule has 168 valence electrons. The van der Waals surface area contributed by atoms with E-state index in [4.69, 9.17) is 4.74 Å². The molecule has 1 heterocycles. The van der Waals surface area contributed by atoms with Crippen LogP contribution in [0.5, 0.6) is 11.5 Å². The Bertz CT molecular complexity index is 797. The van der Waals surface area contributed by atoms with Crippen molar-refractivity contribution in [1.82, 2.24) is 0 Å². The average molecular weight is 556 g/mol. The number of carbonyl (C=O) groups is 1. The minimum absolute atomic E-state index is 0. The van der Waals surface area contributed by atoms with Gasteiger partial charge in [0.15, 0.2) is 0 Å². The molecule has 0 radical (unpaired) electrons. The number of esters is 1. The fourth-order valence-electron chi connectivity index (χ4n) is 2.32. The Balaban J connectivity index is 0. The van der Waals surface area contributed by atoms with E-state index in [1.807, 2.05) is 0 Å². The molecule has 3 rings (SSSR count). The number of halogens is 2. The predicted molar refractivity (Wildman–Crippen MR) is 125 cm³/mol. The number of phenolic OH excluding ortho intramolecular Hbond substituents is 2. The smallest absolute Gasteiger partial charge is 0.508 e. The van der Waals surface area contributed by atoms with Crippen LogP contribution in [0.15, 0.2) is 45.3 Å². The van der Waals surface area contributed by atoms with Gasteiger partial charge in [0.1, 0.15) is 17.1 Å². The second-order valence-corrected chi connectivity index (χ2v) is 8.52. The molecule has 0 aliphatic carbocycles. The molecule has 9 heteroatoms. The maximum atomic E-state index is 10.9. The minimum atomic E-state index is -0.995. The van der Waals surface area contributed by atoms with Gasteiger partial charge in [-0.05, 0) is 57.0 Å². The number of carbonyl (C=O) groups excluding carboxylic acids is 1. The minimum Gasteiger partial charge on any atom is -0.508 e. The first kappa shape index (κ1) is 32.2. The zero-order chi connectivity index (χ0) is 22.0. The molecular formula is C22H29Br2LiO6. The van der Waals surface area contributed by atoms with Gasteiger partial charge in [-0.15, -0.1) is 0 Å². The molecule has 31 heavy (non-hydrogen) atoms. The molecule has 0 saturated carbocycles. The van der Waals surface area contributed by atoms with Crippen molar-refractivity contribution in [3.05, 3.63) is 63.9 Å². The molecule has 0 atom stereocenters. The molecule has 0 bridgehead atoms. The van der Waals surface area contributed by atoms with Gasteiger partial charge in [-0.3, -0.25) is 0 Å². The molecular weight excluding hydrogens is 527 g/mol. The zero-order valence-electron chi connectivity index (χ0n) is 18.6. The Morgan fingerprint density at radius 1 is 1.00 bits per heavy atom. The van der Waals surface area contributed by atoms with E-state index in [9.17, 15) is 20.1 Å². The maximum Gasteiger partial charge on any atom is 1.00 e. The van der Waals surface area contributed by atoms with E-state index < -0.39 is 11.6 Å². The van der Waals surface area contributed by atoms with Crippen LogP contribution in [-0.4, -0.2) is 41.6 Å². The van der Waals surface area contributed by atoms with E-state index in [0.29, 0.717) is 10.0 Å². The summed E-state index contributed by atoms with van der Waals surface area (Å²) < 4.78 is 10.9. The van der Waals surface area contributed by atoms with Gasteiger partial charge in [-0.1, -0.05) is 37.9 Å². The second-order valence-electron chi connectivity index (χ2n) is 6.69. The van der Waals surface area contributed by atoms with E-state index in [1.165, 1.54) is 32.1 Å². The standard InChI is InChI=1S/C9H11BrO2.C8H7BrO3.C4H8O.CH3.Li/c1-9(2,12)7-4-3-6(10)5-8(7)11;1-12-8(11)6-3-2-5(9)4-7(6)10;1-2-4-5-3-1;;/h3-5,11-12H,1-2H3;2-4,10H,1H3;1-4H2;1H3;/q;;;-1;+1. The largest absolute Gasteiger partial charge is 1.00 e. The number of benzene rings is 2. The van der Waals surface area contributed by atoms with Crippen molar-refractivity contribution in [2.75, 3.05) is 20.3 Å². The van der Waals surface area contributed by atoms with Crippen LogP contribution in [0.25, 0.3) is 0 Å². The molecule has 0 amide bonds. The average Bonchev–Trinajstić information content (AvgIpc) is 3.20. The number of aromatic hydroxyl groups is 2. The maximum absolute atomic E-state index is 10.9. The molecule has 0 spiro atoms. The summed E-state index contributed by atoms with van der Waals surface area (Å²) in [5.41, 5.74) is -0.295. The molecule has 1 aliphatic heterocycles. The van der Waals surface area contributed by atoms with E-state index in [-0.39, 0.29) is 43.3 Å². The first-order valence-corrected chi connectivity index (χ1v) is 10.5. The molecule has 1 aliphatic rings. The molecule has 0 aromatic heterocycles. The Hall–Kier alpha value is -1.01. The third-order valence-electron chi connectivity index (χ3n) is 3.81. The quantitative estimate of drug-likeness (QED) is 0.299. The first-order chi connectivity index (χ1) is 13.6. The van der Waals surface area contributed by atoms with Crippen LogP contribution in [0.1, 0.15) is 42.6 Å². The number of phenols is 2. The Morgan fingerprint density at radius 3 is 1.84 bits per heavy atom. The Kier molecular flexibility index (Phi) is 16.3. The van der Waals surface area contributed by atoms with Crippen molar-refractivity contribution in [3.63, 3.8) is 0 Å². The third-order valence-corrected chi connectivity index (χ3v) is 4.80. The fraction of sp³-hybridized carbons (Fsp3) is 0.364. The molecule has 2 aromatic rings. The van der Waals surface area contributed by atoms with Crippen LogP contribution < -0.4 is 18.9 Å². The van der Waals surface area contributed by atoms with Gasteiger partial charge in [0.05, 0.1) is 12.7 Å². The van der Waals surface area contributed by atoms with Crippen molar-refractivity contribution < 1.29 is 48.4 Å². The van der Waals surface area contributed by atoms with Gasteiger partial charge in [0.25, 0.3) is 0 Å². The van der Waals surface area contributed by atoms with Crippen LogP contribution in [0.2, 0.25) is 0 Å². The fourth-order valence-corrected chi connectivity index (χ4v) is 3.02. The molecule has 1 saturated heterocycles. The topological polar surface area (TPSA) is 96.2 Å². The van der Waals surface area contributed by atoms with E-state index in [2.05, 4.69) is 36.6 Å². The van der Waals surface area contributed by atoms with E-state index in [0.717, 1.165) is 17.7 Å². The SMILES string of the molecule is C1CCOC1.CC(C)(O)c1ccc(Br)cc1O.COC(=O)c1ccc(Br)cc1O.[CH3-].[Li+]. The van der Waals surface area contributed by atoms with Crippen LogP contribution in [0.4, 0.5) is 0 Å². The van der Waals surface area contributed by atoms with Crippen LogP contribution in [0.3, 0.4) is 0 Å². The first-order valence-electron chi connectivity index (χ1n) is 8.92. The molecule has 3 N–H and O–H groups in total. The number of rotatable bonds is 2. The number of ether oxygens (including phenoxy) is 2. The number of methoxy groups -OCH3 is 1. The number of hydrogen-bond acceptors (Lipinski definition) is 6. The van der Waals surface area contributed by atoms with Gasteiger partial charge in [0.2, 0.25) is 0 Å². The summed E-state index contributed by atoms with van der Waals surface area (Å²) in [6, 6.07) is 9.63. The number of aliphatic hydroxyl groups is 1. The van der Waals surface area contributed by atoms with E-state index >= 15 is 0 Å². The predicted octanol–water partition coefficient (Wildman–Crippen LogP) is 2.57. The summed E-state index contributed by atoms with van der Waals surface area (Å²) in [5, 5.41) is 28.3. The summed E-state index contributed by atoms with van der Waals surface area (Å²) in [5.74, 6) is -0.520. The van der Waals surface area contributed by atoms with Crippen molar-refractivity contribution in [2.45, 2.75) is 32.3 Å². The van der Waals surface area contributed by atoms with Gasteiger partial charge in [-0.2, -0.15) is 0 Å². The zero-order valence-corrected chi connectivity index (χ0v) is 21.8. The molecule has 6 nitrogen and oxygen atoms in total. The number of hydrogen-bond donors (Lipinski definition) is 3. The van der Waals surface area contributed by atoms with Crippen LogP contribution in [-0.2, 0) is 15.1 Å². The Morgan fingerprint density at radius 2 is 1.48 bits per heavy atom. The van der Waals surface area contributed by atoms with Gasteiger partial charge >= 0.3 is 24.8 Å². The second kappa shape index (κ2) is 15.7. The molecule has 0 unspecified atom stereocenters. The van der Waals surface area contributed by atoms with Gasteiger partial charge < -0.3 is 32.2 Å². The molecule has 2 aromatic carbocycles. The van der Waals surface area contributed by atoms with Crippen molar-refractivity contribution in [3.8, 4) is 11.5 Å². The van der Waals surface area contributed by atoms with Gasteiger partial charge in [0, 0.05) is 27.7 Å². The summed E-state index contributed by atoms with van der Waals surface area (Å²) >= 11 is 6.38. The summed E-state index contributed by atoms with van der Waals surface area (Å²) in [6.45, 7) is 5.27. The van der Waals surface area contributed by atoms with Crippen molar-refractivity contribution in [1.29, 1.82) is 0 Å². The van der Waals surface area contributed by atoms with Crippen LogP contribution in [0, 0.1) is 7.43 Å². The summed E-state index contributed by atoms with van der Waals surface area (Å²) in [7, 11) is 1.27. The summed E-state index contributed by atoms with van der Waals surface area (Å²) in [6.07, 6.45) is 2.56. The van der Waals surface area contributed by atoms with Crippen molar-refractivity contribution in [2.24, 2.45) is 0 Å². The van der Waals surface area contributed by atoms with Crippen molar-refractivity contribution >= 4 is 37.8 Å². The summed E-state index contributed by atoms with van der Waals surface area (Å²) in [4.78, 5) is 10.9.